The summed E-state index contributed by atoms with van der Waals surface area (Å²) in [6.45, 7) is 0. The number of thioether (sulfide) groups is 1. The SMILES string of the molecule is O=C(O)CC(Sc1cc(F)ccc1F)c1ccccc1. The van der Waals surface area contributed by atoms with Gasteiger partial charge in [0.05, 0.1) is 6.42 Å². The second kappa shape index (κ2) is 6.52. The van der Waals surface area contributed by atoms with Gasteiger partial charge in [-0.1, -0.05) is 30.3 Å². The summed E-state index contributed by atoms with van der Waals surface area (Å²) in [5, 5.41) is 8.50. The molecule has 2 rings (SSSR count). The maximum atomic E-state index is 13.6. The highest BCUT2D eigenvalue weighted by atomic mass is 32.2. The minimum absolute atomic E-state index is 0.111. The fourth-order valence-electron chi connectivity index (χ4n) is 1.77. The van der Waals surface area contributed by atoms with Gasteiger partial charge in [0.2, 0.25) is 0 Å². The van der Waals surface area contributed by atoms with Crippen LogP contribution in [-0.2, 0) is 4.79 Å². The summed E-state index contributed by atoms with van der Waals surface area (Å²) in [7, 11) is 0. The Morgan fingerprint density at radius 3 is 2.50 bits per heavy atom. The number of carbonyl (C=O) groups is 1. The lowest BCUT2D eigenvalue weighted by molar-refractivity contribution is -0.137. The summed E-state index contributed by atoms with van der Waals surface area (Å²) in [5.41, 5.74) is 0.767. The molecular formula is C15H12F2O2S. The number of hydrogen-bond donors (Lipinski definition) is 1. The molecule has 1 N–H and O–H groups in total. The minimum atomic E-state index is -0.983. The molecule has 5 heteroatoms. The van der Waals surface area contributed by atoms with Crippen LogP contribution in [0.2, 0.25) is 0 Å². The van der Waals surface area contributed by atoms with E-state index >= 15 is 0 Å². The Labute approximate surface area is 119 Å². The fourth-order valence-corrected chi connectivity index (χ4v) is 2.96. The van der Waals surface area contributed by atoms with Gasteiger partial charge < -0.3 is 5.11 Å². The molecule has 0 bridgehead atoms. The summed E-state index contributed by atoms with van der Waals surface area (Å²) in [5.74, 6) is -2.08. The molecule has 0 amide bonds. The lowest BCUT2D eigenvalue weighted by Crippen LogP contribution is -2.03. The van der Waals surface area contributed by atoms with Gasteiger partial charge in [-0.2, -0.15) is 0 Å². The number of carboxylic acid groups (broad SMARTS) is 1. The normalized spacial score (nSPS) is 12.1. The number of hydrogen-bond acceptors (Lipinski definition) is 2. The molecule has 2 aromatic carbocycles. The molecule has 0 aliphatic rings. The maximum absolute atomic E-state index is 13.6. The topological polar surface area (TPSA) is 37.3 Å². The second-order valence-electron chi connectivity index (χ2n) is 4.19. The molecule has 0 aliphatic heterocycles. The molecule has 2 nitrogen and oxygen atoms in total. The zero-order valence-corrected chi connectivity index (χ0v) is 11.2. The lowest BCUT2D eigenvalue weighted by Gasteiger charge is -2.15. The van der Waals surface area contributed by atoms with Gasteiger partial charge in [-0.15, -0.1) is 11.8 Å². The van der Waals surface area contributed by atoms with E-state index in [9.17, 15) is 13.6 Å². The molecule has 2 aromatic rings. The van der Waals surface area contributed by atoms with Crippen LogP contribution in [0.3, 0.4) is 0 Å². The fraction of sp³-hybridized carbons (Fsp3) is 0.133. The monoisotopic (exact) mass is 294 g/mol. The van der Waals surface area contributed by atoms with E-state index in [0.717, 1.165) is 35.5 Å². The van der Waals surface area contributed by atoms with Crippen molar-refractivity contribution in [3.05, 3.63) is 65.7 Å². The van der Waals surface area contributed by atoms with Crippen molar-refractivity contribution in [2.24, 2.45) is 0 Å². The largest absolute Gasteiger partial charge is 0.481 e. The molecule has 104 valence electrons. The first-order chi connectivity index (χ1) is 9.56. The molecule has 0 fully saturated rings. The molecule has 0 heterocycles. The summed E-state index contributed by atoms with van der Waals surface area (Å²) in [6.07, 6.45) is -0.162. The van der Waals surface area contributed by atoms with E-state index in [1.807, 2.05) is 6.07 Å². The minimum Gasteiger partial charge on any atom is -0.481 e. The van der Waals surface area contributed by atoms with Crippen molar-refractivity contribution in [2.45, 2.75) is 16.6 Å². The van der Waals surface area contributed by atoms with Gasteiger partial charge in [-0.05, 0) is 23.8 Å². The Hall–Kier alpha value is -1.88. The van der Waals surface area contributed by atoms with E-state index in [4.69, 9.17) is 5.11 Å². The van der Waals surface area contributed by atoms with Gasteiger partial charge >= 0.3 is 5.97 Å². The zero-order valence-electron chi connectivity index (χ0n) is 10.4. The molecule has 20 heavy (non-hydrogen) atoms. The van der Waals surface area contributed by atoms with E-state index < -0.39 is 22.9 Å². The average Bonchev–Trinajstić information content (AvgIpc) is 2.42. The summed E-state index contributed by atoms with van der Waals surface area (Å²) < 4.78 is 26.8. The first kappa shape index (κ1) is 14.5. The third-order valence-electron chi connectivity index (χ3n) is 2.69. The molecule has 0 saturated heterocycles. The van der Waals surface area contributed by atoms with Gasteiger partial charge in [0.15, 0.2) is 0 Å². The highest BCUT2D eigenvalue weighted by Gasteiger charge is 2.19. The Bertz CT molecular complexity index is 602. The third kappa shape index (κ3) is 3.81. The molecule has 0 aliphatic carbocycles. The summed E-state index contributed by atoms with van der Waals surface area (Å²) in [6, 6.07) is 12.1. The van der Waals surface area contributed by atoms with Gasteiger partial charge in [0, 0.05) is 10.1 Å². The maximum Gasteiger partial charge on any atom is 0.304 e. The van der Waals surface area contributed by atoms with E-state index in [1.165, 1.54) is 0 Å². The predicted octanol–water partition coefficient (Wildman–Crippen LogP) is 4.27. The molecule has 1 unspecified atom stereocenters. The standard InChI is InChI=1S/C15H12F2O2S/c16-11-6-7-12(17)14(8-11)20-13(9-15(18)19)10-4-2-1-3-5-10/h1-8,13H,9H2,(H,18,19). The van der Waals surface area contributed by atoms with Gasteiger partial charge in [0.1, 0.15) is 11.6 Å². The van der Waals surface area contributed by atoms with Crippen molar-refractivity contribution in [1.82, 2.24) is 0 Å². The van der Waals surface area contributed by atoms with Crippen molar-refractivity contribution >= 4 is 17.7 Å². The summed E-state index contributed by atoms with van der Waals surface area (Å²) in [4.78, 5) is 11.1. The molecular weight excluding hydrogens is 282 g/mol. The van der Waals surface area contributed by atoms with Gasteiger partial charge in [-0.3, -0.25) is 4.79 Å². The van der Waals surface area contributed by atoms with Crippen LogP contribution in [0, 0.1) is 11.6 Å². The van der Waals surface area contributed by atoms with Gasteiger partial charge in [0.25, 0.3) is 0 Å². The van der Waals surface area contributed by atoms with Crippen molar-refractivity contribution < 1.29 is 18.7 Å². The van der Waals surface area contributed by atoms with Crippen LogP contribution in [0.4, 0.5) is 8.78 Å². The molecule has 1 atom stereocenters. The molecule has 0 radical (unpaired) electrons. The smallest absolute Gasteiger partial charge is 0.304 e. The van der Waals surface area contributed by atoms with Gasteiger partial charge in [-0.25, -0.2) is 8.78 Å². The Morgan fingerprint density at radius 1 is 1.15 bits per heavy atom. The van der Waals surface area contributed by atoms with Crippen LogP contribution >= 0.6 is 11.8 Å². The van der Waals surface area contributed by atoms with E-state index in [1.54, 1.807) is 24.3 Å². The highest BCUT2D eigenvalue weighted by Crippen LogP contribution is 2.39. The van der Waals surface area contributed by atoms with Crippen molar-refractivity contribution in [3.8, 4) is 0 Å². The zero-order chi connectivity index (χ0) is 14.5. The molecule has 0 spiro atoms. The Morgan fingerprint density at radius 2 is 1.85 bits per heavy atom. The quantitative estimate of drug-likeness (QED) is 0.837. The van der Waals surface area contributed by atoms with E-state index in [-0.39, 0.29) is 11.3 Å². The Balaban J connectivity index is 2.28. The average molecular weight is 294 g/mol. The van der Waals surface area contributed by atoms with Crippen LogP contribution in [0.15, 0.2) is 53.4 Å². The number of rotatable bonds is 5. The van der Waals surface area contributed by atoms with Crippen LogP contribution in [0.5, 0.6) is 0 Å². The van der Waals surface area contributed by atoms with Crippen LogP contribution in [-0.4, -0.2) is 11.1 Å². The highest BCUT2D eigenvalue weighted by molar-refractivity contribution is 7.99. The second-order valence-corrected chi connectivity index (χ2v) is 5.43. The first-order valence-corrected chi connectivity index (χ1v) is 6.82. The third-order valence-corrected chi connectivity index (χ3v) is 3.98. The van der Waals surface area contributed by atoms with Crippen molar-refractivity contribution in [1.29, 1.82) is 0 Å². The molecule has 0 aromatic heterocycles. The Kier molecular flexibility index (Phi) is 4.74. The number of carboxylic acids is 1. The first-order valence-electron chi connectivity index (χ1n) is 5.94. The molecule has 0 saturated carbocycles. The number of halogens is 2. The van der Waals surface area contributed by atoms with E-state index in [0.29, 0.717) is 0 Å². The van der Waals surface area contributed by atoms with Crippen LogP contribution < -0.4 is 0 Å². The summed E-state index contributed by atoms with van der Waals surface area (Å²) >= 11 is 1.02. The van der Waals surface area contributed by atoms with Crippen LogP contribution in [0.25, 0.3) is 0 Å². The van der Waals surface area contributed by atoms with Crippen molar-refractivity contribution in [3.63, 3.8) is 0 Å². The number of benzene rings is 2. The predicted molar refractivity (Wildman–Crippen MR) is 73.7 cm³/mol. The lowest BCUT2D eigenvalue weighted by atomic mass is 10.1. The van der Waals surface area contributed by atoms with E-state index in [2.05, 4.69) is 0 Å². The van der Waals surface area contributed by atoms with Crippen LogP contribution in [0.1, 0.15) is 17.2 Å². The van der Waals surface area contributed by atoms with Crippen molar-refractivity contribution in [2.75, 3.05) is 0 Å². The number of aliphatic carboxylic acids is 1.